The van der Waals surface area contributed by atoms with E-state index in [1.54, 1.807) is 12.1 Å². The van der Waals surface area contributed by atoms with Crippen LogP contribution in [0.3, 0.4) is 0 Å². The molecule has 3 rings (SSSR count). The second kappa shape index (κ2) is 4.57. The summed E-state index contributed by atoms with van der Waals surface area (Å²) in [6.07, 6.45) is 3.73. The van der Waals surface area contributed by atoms with Gasteiger partial charge in [0.1, 0.15) is 11.5 Å². The third-order valence-corrected chi connectivity index (χ3v) is 4.67. The van der Waals surface area contributed by atoms with Crippen LogP contribution in [0.1, 0.15) is 31.2 Å². The number of hydrogen-bond donors (Lipinski definition) is 1. The molecule has 1 nitrogen and oxygen atoms in total. The van der Waals surface area contributed by atoms with Gasteiger partial charge >= 0.3 is 0 Å². The highest BCUT2D eigenvalue weighted by molar-refractivity contribution is 9.10. The Morgan fingerprint density at radius 1 is 1.28 bits per heavy atom. The number of nitrogens with one attached hydrogen (secondary N) is 1. The van der Waals surface area contributed by atoms with Gasteiger partial charge in [0.05, 0.1) is 4.47 Å². The molecule has 2 bridgehead atoms. The third-order valence-electron chi connectivity index (χ3n) is 4.06. The summed E-state index contributed by atoms with van der Waals surface area (Å²) in [5.74, 6) is -0.294. The molecule has 18 heavy (non-hydrogen) atoms. The molecule has 0 saturated carbocycles. The van der Waals surface area contributed by atoms with Crippen LogP contribution in [0.15, 0.2) is 22.7 Å². The van der Waals surface area contributed by atoms with Crippen LogP contribution < -0.4 is 5.32 Å². The molecule has 0 aromatic heterocycles. The Bertz CT molecular complexity index is 451. The van der Waals surface area contributed by atoms with E-state index in [-0.39, 0.29) is 5.82 Å². The van der Waals surface area contributed by atoms with E-state index in [0.717, 1.165) is 18.4 Å². The molecule has 4 heteroatoms. The smallest absolute Gasteiger partial charge is 0.137 e. The third kappa shape index (κ3) is 2.45. The van der Waals surface area contributed by atoms with Gasteiger partial charge in [0.15, 0.2) is 0 Å². The van der Waals surface area contributed by atoms with E-state index >= 15 is 0 Å². The molecule has 1 N–H and O–H groups in total. The Labute approximate surface area is 114 Å². The summed E-state index contributed by atoms with van der Waals surface area (Å²) in [5.41, 5.74) is -0.263. The molecule has 2 saturated heterocycles. The first-order valence-electron chi connectivity index (χ1n) is 6.43. The van der Waals surface area contributed by atoms with E-state index in [1.807, 2.05) is 0 Å². The number of hydrogen-bond acceptors (Lipinski definition) is 1. The fraction of sp³-hybridized carbons (Fsp3) is 0.571. The van der Waals surface area contributed by atoms with E-state index in [1.165, 1.54) is 6.07 Å². The Hall–Kier alpha value is -0.480. The van der Waals surface area contributed by atoms with Gasteiger partial charge in [-0.1, -0.05) is 6.07 Å². The van der Waals surface area contributed by atoms with Crippen molar-refractivity contribution in [1.29, 1.82) is 0 Å². The molecule has 0 amide bonds. The van der Waals surface area contributed by atoms with Gasteiger partial charge in [-0.05, 0) is 59.3 Å². The quantitative estimate of drug-likeness (QED) is 0.876. The van der Waals surface area contributed by atoms with Crippen LogP contribution in [0.4, 0.5) is 8.78 Å². The first-order chi connectivity index (χ1) is 8.54. The second-order valence-corrected chi connectivity index (χ2v) is 6.48. The molecular weight excluding hydrogens is 300 g/mol. The zero-order valence-electron chi connectivity index (χ0n) is 10.1. The van der Waals surface area contributed by atoms with E-state index in [9.17, 15) is 8.78 Å². The SMILES string of the molecule is Fc1ccc(CC2(F)CC3CCC(C2)N3)cc1Br. The largest absolute Gasteiger partial charge is 0.311 e. The highest BCUT2D eigenvalue weighted by Crippen LogP contribution is 2.39. The maximum atomic E-state index is 14.9. The summed E-state index contributed by atoms with van der Waals surface area (Å²) in [6.45, 7) is 0. The summed E-state index contributed by atoms with van der Waals surface area (Å²) in [7, 11) is 0. The van der Waals surface area contributed by atoms with Crippen LogP contribution in [0, 0.1) is 5.82 Å². The van der Waals surface area contributed by atoms with Gasteiger partial charge in [-0.3, -0.25) is 0 Å². The minimum absolute atomic E-state index is 0.294. The van der Waals surface area contributed by atoms with Crippen molar-refractivity contribution < 1.29 is 8.78 Å². The normalized spacial score (nSPS) is 34.8. The van der Waals surface area contributed by atoms with Gasteiger partial charge in [0.25, 0.3) is 0 Å². The van der Waals surface area contributed by atoms with Crippen LogP contribution in [0.25, 0.3) is 0 Å². The van der Waals surface area contributed by atoms with E-state index in [2.05, 4.69) is 21.2 Å². The van der Waals surface area contributed by atoms with Crippen molar-refractivity contribution in [2.45, 2.75) is 49.9 Å². The molecule has 0 radical (unpaired) electrons. The molecule has 1 aromatic carbocycles. The van der Waals surface area contributed by atoms with Gasteiger partial charge in [0.2, 0.25) is 0 Å². The maximum Gasteiger partial charge on any atom is 0.137 e. The van der Waals surface area contributed by atoms with E-state index in [0.29, 0.717) is 35.8 Å². The standard InChI is InChI=1S/C14H16BrF2N/c15-12-5-9(1-4-13(12)16)6-14(17)7-10-2-3-11(8-14)18-10/h1,4-5,10-11,18H,2-3,6-8H2. The number of alkyl halides is 1. The first kappa shape index (κ1) is 12.5. The fourth-order valence-corrected chi connectivity index (χ4v) is 3.78. The van der Waals surface area contributed by atoms with Crippen LogP contribution in [0.2, 0.25) is 0 Å². The Morgan fingerprint density at radius 3 is 2.56 bits per heavy atom. The van der Waals surface area contributed by atoms with Gasteiger partial charge in [0, 0.05) is 18.5 Å². The van der Waals surface area contributed by atoms with Crippen molar-refractivity contribution in [2.75, 3.05) is 0 Å². The first-order valence-corrected chi connectivity index (χ1v) is 7.22. The molecule has 2 unspecified atom stereocenters. The number of fused-ring (bicyclic) bond motifs is 2. The lowest BCUT2D eigenvalue weighted by atomic mass is 9.84. The summed E-state index contributed by atoms with van der Waals surface area (Å²) < 4.78 is 28.5. The zero-order valence-corrected chi connectivity index (χ0v) is 11.6. The maximum absolute atomic E-state index is 14.9. The molecular formula is C14H16BrF2N. The van der Waals surface area contributed by atoms with Crippen molar-refractivity contribution in [3.05, 3.63) is 34.1 Å². The lowest BCUT2D eigenvalue weighted by molar-refractivity contribution is 0.0893. The highest BCUT2D eigenvalue weighted by Gasteiger charge is 2.43. The predicted octanol–water partition coefficient (Wildman–Crippen LogP) is 3.75. The minimum atomic E-state index is -1.13. The van der Waals surface area contributed by atoms with Crippen molar-refractivity contribution >= 4 is 15.9 Å². The molecule has 0 aliphatic carbocycles. The molecule has 1 aromatic rings. The van der Waals surface area contributed by atoms with Crippen LogP contribution >= 0.6 is 15.9 Å². The molecule has 2 heterocycles. The van der Waals surface area contributed by atoms with Crippen molar-refractivity contribution in [2.24, 2.45) is 0 Å². The van der Waals surface area contributed by atoms with Gasteiger partial charge < -0.3 is 5.32 Å². The Kier molecular flexibility index (Phi) is 3.18. The average molecular weight is 316 g/mol. The van der Waals surface area contributed by atoms with Crippen molar-refractivity contribution in [3.63, 3.8) is 0 Å². The predicted molar refractivity (Wildman–Crippen MR) is 70.8 cm³/mol. The summed E-state index contributed by atoms with van der Waals surface area (Å²) >= 11 is 3.15. The lowest BCUT2D eigenvalue weighted by Crippen LogP contribution is -2.47. The monoisotopic (exact) mass is 315 g/mol. The van der Waals surface area contributed by atoms with Crippen LogP contribution in [-0.4, -0.2) is 17.8 Å². The van der Waals surface area contributed by atoms with Gasteiger partial charge in [-0.15, -0.1) is 0 Å². The molecule has 2 fully saturated rings. The fourth-order valence-electron chi connectivity index (χ4n) is 3.35. The van der Waals surface area contributed by atoms with E-state index < -0.39 is 5.67 Å². The number of piperidine rings is 1. The number of rotatable bonds is 2. The van der Waals surface area contributed by atoms with Gasteiger partial charge in [-0.2, -0.15) is 0 Å². The minimum Gasteiger partial charge on any atom is -0.311 e. The molecule has 0 spiro atoms. The summed E-state index contributed by atoms with van der Waals surface area (Å²) in [5, 5.41) is 3.44. The van der Waals surface area contributed by atoms with E-state index in [4.69, 9.17) is 0 Å². The van der Waals surface area contributed by atoms with Crippen LogP contribution in [0.5, 0.6) is 0 Å². The molecule has 2 aliphatic heterocycles. The van der Waals surface area contributed by atoms with Crippen LogP contribution in [-0.2, 0) is 6.42 Å². The highest BCUT2D eigenvalue weighted by atomic mass is 79.9. The number of halogens is 3. The molecule has 2 aliphatic rings. The number of benzene rings is 1. The Balaban J connectivity index is 1.77. The summed E-state index contributed by atoms with van der Waals surface area (Å²) in [4.78, 5) is 0. The second-order valence-electron chi connectivity index (χ2n) is 5.62. The topological polar surface area (TPSA) is 12.0 Å². The van der Waals surface area contributed by atoms with Crippen molar-refractivity contribution in [3.8, 4) is 0 Å². The Morgan fingerprint density at radius 2 is 1.94 bits per heavy atom. The lowest BCUT2D eigenvalue weighted by Gasteiger charge is -2.35. The van der Waals surface area contributed by atoms with Crippen molar-refractivity contribution in [1.82, 2.24) is 5.32 Å². The molecule has 2 atom stereocenters. The summed E-state index contributed by atoms with van der Waals surface area (Å²) in [6, 6.07) is 5.44. The van der Waals surface area contributed by atoms with Gasteiger partial charge in [-0.25, -0.2) is 8.78 Å². The molecule has 98 valence electrons. The zero-order chi connectivity index (χ0) is 12.8. The average Bonchev–Trinajstić information content (AvgIpc) is 2.64.